The zero-order chi connectivity index (χ0) is 14.5. The minimum atomic E-state index is -0.295. The predicted molar refractivity (Wildman–Crippen MR) is 72.5 cm³/mol. The van der Waals surface area contributed by atoms with E-state index in [1.807, 2.05) is 0 Å². The summed E-state index contributed by atoms with van der Waals surface area (Å²) in [6.07, 6.45) is 0. The molecule has 0 bridgehead atoms. The highest BCUT2D eigenvalue weighted by Gasteiger charge is 2.11. The Balaban J connectivity index is 1.72. The van der Waals surface area contributed by atoms with Gasteiger partial charge in [0.1, 0.15) is 11.4 Å². The van der Waals surface area contributed by atoms with Gasteiger partial charge in [-0.15, -0.1) is 5.10 Å². The van der Waals surface area contributed by atoms with Crippen molar-refractivity contribution < 1.29 is 9.32 Å². The second kappa shape index (κ2) is 6.37. The Bertz CT molecular complexity index is 575. The quantitative estimate of drug-likeness (QED) is 0.618. The molecule has 0 aliphatic carbocycles. The van der Waals surface area contributed by atoms with E-state index in [1.54, 1.807) is 25.6 Å². The number of aromatic nitrogens is 5. The van der Waals surface area contributed by atoms with E-state index in [2.05, 4.69) is 31.3 Å². The average Bonchev–Trinajstić information content (AvgIpc) is 2.95. The van der Waals surface area contributed by atoms with Crippen LogP contribution in [0.15, 0.2) is 9.68 Å². The Labute approximate surface area is 119 Å². The van der Waals surface area contributed by atoms with E-state index < -0.39 is 0 Å². The highest BCUT2D eigenvalue weighted by Crippen LogP contribution is 2.18. The number of amides is 2. The van der Waals surface area contributed by atoms with Crippen molar-refractivity contribution in [1.82, 2.24) is 30.7 Å². The molecule has 10 heteroatoms. The fraction of sp³-hybridized carbons (Fsp3) is 0.500. The number of nitrogens with zero attached hydrogens (tertiary/aromatic N) is 5. The Kier molecular flexibility index (Phi) is 4.56. The van der Waals surface area contributed by atoms with Crippen LogP contribution in [0.1, 0.15) is 11.5 Å². The van der Waals surface area contributed by atoms with Crippen LogP contribution in [0.25, 0.3) is 0 Å². The summed E-state index contributed by atoms with van der Waals surface area (Å²) in [4.78, 5) is 11.7. The van der Waals surface area contributed by atoms with Crippen LogP contribution in [0, 0.1) is 13.8 Å². The van der Waals surface area contributed by atoms with Crippen LogP contribution in [-0.2, 0) is 7.05 Å². The Hall–Kier alpha value is -2.10. The largest absolute Gasteiger partial charge is 0.359 e. The number of carbonyl (C=O) groups is 1. The number of urea groups is 1. The van der Waals surface area contributed by atoms with Crippen molar-refractivity contribution >= 4 is 23.5 Å². The Morgan fingerprint density at radius 2 is 2.25 bits per heavy atom. The lowest BCUT2D eigenvalue weighted by atomic mass is 10.3. The van der Waals surface area contributed by atoms with Crippen LogP contribution >= 0.6 is 11.8 Å². The van der Waals surface area contributed by atoms with Gasteiger partial charge >= 0.3 is 6.03 Å². The lowest BCUT2D eigenvalue weighted by Gasteiger charge is -2.06. The number of thioether (sulfide) groups is 1. The number of anilines is 1. The summed E-state index contributed by atoms with van der Waals surface area (Å²) in [6.45, 7) is 4.00. The summed E-state index contributed by atoms with van der Waals surface area (Å²) in [5, 5.41) is 21.0. The number of aryl methyl sites for hydroxylation is 3. The first kappa shape index (κ1) is 14.3. The van der Waals surface area contributed by atoms with Crippen molar-refractivity contribution in [2.24, 2.45) is 7.05 Å². The van der Waals surface area contributed by atoms with Gasteiger partial charge in [0.05, 0.1) is 0 Å². The molecule has 0 saturated carbocycles. The van der Waals surface area contributed by atoms with Gasteiger partial charge in [-0.05, 0) is 24.3 Å². The van der Waals surface area contributed by atoms with E-state index in [4.69, 9.17) is 4.52 Å². The van der Waals surface area contributed by atoms with Gasteiger partial charge in [0.15, 0.2) is 5.76 Å². The zero-order valence-corrected chi connectivity index (χ0v) is 12.2. The van der Waals surface area contributed by atoms with Crippen molar-refractivity contribution in [3.8, 4) is 0 Å². The van der Waals surface area contributed by atoms with Gasteiger partial charge in [0, 0.05) is 19.3 Å². The molecule has 0 radical (unpaired) electrons. The molecule has 0 aliphatic heterocycles. The minimum absolute atomic E-state index is 0.295. The molecule has 0 fully saturated rings. The summed E-state index contributed by atoms with van der Waals surface area (Å²) in [5.41, 5.74) is 1.25. The molecular formula is C10H15N7O2S. The topological polar surface area (TPSA) is 111 Å². The maximum absolute atomic E-state index is 11.7. The first-order valence-corrected chi connectivity index (χ1v) is 6.89. The molecule has 0 aliphatic rings. The Morgan fingerprint density at radius 3 is 2.85 bits per heavy atom. The standard InChI is InChI=1S/C10H15N7O2S/c1-6-8(7(2)19-14-6)12-9(18)11-4-5-20-10-13-15-16-17(10)3/h4-5H2,1-3H3,(H2,11,12,18). The van der Waals surface area contributed by atoms with Gasteiger partial charge in [0.2, 0.25) is 5.16 Å². The first-order valence-electron chi connectivity index (χ1n) is 5.91. The summed E-state index contributed by atoms with van der Waals surface area (Å²) in [5.74, 6) is 1.25. The number of rotatable bonds is 5. The molecule has 2 heterocycles. The van der Waals surface area contributed by atoms with Gasteiger partial charge in [-0.25, -0.2) is 9.48 Å². The highest BCUT2D eigenvalue weighted by atomic mass is 32.2. The molecular weight excluding hydrogens is 282 g/mol. The summed E-state index contributed by atoms with van der Waals surface area (Å²) in [6, 6.07) is -0.295. The summed E-state index contributed by atoms with van der Waals surface area (Å²) in [7, 11) is 1.76. The van der Waals surface area contributed by atoms with Gasteiger partial charge in [0.25, 0.3) is 0 Å². The first-order chi connectivity index (χ1) is 9.58. The second-order valence-electron chi connectivity index (χ2n) is 4.01. The smallest absolute Gasteiger partial charge is 0.319 e. The normalized spacial score (nSPS) is 10.6. The third kappa shape index (κ3) is 3.47. The molecule has 9 nitrogen and oxygen atoms in total. The fourth-order valence-corrected chi connectivity index (χ4v) is 2.17. The molecule has 2 amide bonds. The van der Waals surface area contributed by atoms with Gasteiger partial charge in [-0.1, -0.05) is 16.9 Å². The van der Waals surface area contributed by atoms with Crippen LogP contribution < -0.4 is 10.6 Å². The van der Waals surface area contributed by atoms with Crippen LogP contribution in [0.4, 0.5) is 10.5 Å². The Morgan fingerprint density at radius 1 is 1.45 bits per heavy atom. The van der Waals surface area contributed by atoms with Gasteiger partial charge in [-0.2, -0.15) is 0 Å². The highest BCUT2D eigenvalue weighted by molar-refractivity contribution is 7.99. The minimum Gasteiger partial charge on any atom is -0.359 e. The molecule has 0 aromatic carbocycles. The molecule has 0 saturated heterocycles. The lowest BCUT2D eigenvalue weighted by Crippen LogP contribution is -2.30. The van der Waals surface area contributed by atoms with Gasteiger partial charge < -0.3 is 15.2 Å². The number of hydrogen-bond acceptors (Lipinski definition) is 7. The van der Waals surface area contributed by atoms with E-state index in [-0.39, 0.29) is 6.03 Å². The van der Waals surface area contributed by atoms with Crippen molar-refractivity contribution in [3.05, 3.63) is 11.5 Å². The van der Waals surface area contributed by atoms with Crippen LogP contribution in [0.5, 0.6) is 0 Å². The van der Waals surface area contributed by atoms with E-state index in [0.717, 1.165) is 0 Å². The van der Waals surface area contributed by atoms with Crippen LogP contribution in [0.3, 0.4) is 0 Å². The fourth-order valence-electron chi connectivity index (χ4n) is 1.47. The van der Waals surface area contributed by atoms with E-state index in [0.29, 0.717) is 34.6 Å². The SMILES string of the molecule is Cc1noc(C)c1NC(=O)NCCSc1nnnn1C. The molecule has 2 aromatic rings. The number of tetrazole rings is 1. The van der Waals surface area contributed by atoms with Crippen molar-refractivity contribution in [2.45, 2.75) is 19.0 Å². The van der Waals surface area contributed by atoms with Crippen LogP contribution in [0.2, 0.25) is 0 Å². The lowest BCUT2D eigenvalue weighted by molar-refractivity contribution is 0.252. The number of hydrogen-bond donors (Lipinski definition) is 2. The van der Waals surface area contributed by atoms with Gasteiger partial charge in [-0.3, -0.25) is 0 Å². The molecule has 2 aromatic heterocycles. The molecule has 108 valence electrons. The van der Waals surface area contributed by atoms with E-state index in [1.165, 1.54) is 11.8 Å². The molecule has 0 atom stereocenters. The molecule has 20 heavy (non-hydrogen) atoms. The van der Waals surface area contributed by atoms with E-state index in [9.17, 15) is 4.79 Å². The average molecular weight is 297 g/mol. The monoisotopic (exact) mass is 297 g/mol. The third-order valence-electron chi connectivity index (χ3n) is 2.47. The molecule has 2 rings (SSSR count). The van der Waals surface area contributed by atoms with Crippen molar-refractivity contribution in [3.63, 3.8) is 0 Å². The van der Waals surface area contributed by atoms with Crippen molar-refractivity contribution in [1.29, 1.82) is 0 Å². The van der Waals surface area contributed by atoms with E-state index >= 15 is 0 Å². The van der Waals surface area contributed by atoms with Crippen LogP contribution in [-0.4, -0.2) is 43.7 Å². The maximum atomic E-state index is 11.7. The summed E-state index contributed by atoms with van der Waals surface area (Å²) >= 11 is 1.46. The third-order valence-corrected chi connectivity index (χ3v) is 3.48. The number of carbonyl (C=O) groups excluding carboxylic acids is 1. The molecule has 0 spiro atoms. The second-order valence-corrected chi connectivity index (χ2v) is 5.08. The molecule has 2 N–H and O–H groups in total. The molecule has 0 unspecified atom stereocenters. The number of nitrogens with one attached hydrogen (secondary N) is 2. The summed E-state index contributed by atoms with van der Waals surface area (Å²) < 4.78 is 6.54. The predicted octanol–water partition coefficient (Wildman–Crippen LogP) is 0.729. The zero-order valence-electron chi connectivity index (χ0n) is 11.4. The maximum Gasteiger partial charge on any atom is 0.319 e. The van der Waals surface area contributed by atoms with Crippen molar-refractivity contribution in [2.75, 3.05) is 17.6 Å².